The molecule has 2 nitrogen and oxygen atoms in total. The summed E-state index contributed by atoms with van der Waals surface area (Å²) < 4.78 is 25.1. The highest BCUT2D eigenvalue weighted by molar-refractivity contribution is 5.85. The van der Waals surface area contributed by atoms with Crippen molar-refractivity contribution in [1.82, 2.24) is 0 Å². The van der Waals surface area contributed by atoms with Crippen molar-refractivity contribution in [2.45, 2.75) is 12.5 Å². The van der Waals surface area contributed by atoms with E-state index >= 15 is 0 Å². The third-order valence-corrected chi connectivity index (χ3v) is 1.77. The lowest BCUT2D eigenvalue weighted by Crippen LogP contribution is -2.07. The summed E-state index contributed by atoms with van der Waals surface area (Å²) in [4.78, 5) is 0. The monoisotopic (exact) mass is 259 g/mol. The molecule has 0 aliphatic heterocycles. The molecule has 1 unspecified atom stereocenters. The summed E-state index contributed by atoms with van der Waals surface area (Å²) in [5.74, 6) is -1.86. The minimum Gasteiger partial charge on any atom is -0.388 e. The van der Waals surface area contributed by atoms with E-state index in [0.29, 0.717) is 18.5 Å². The minimum atomic E-state index is -0.950. The van der Waals surface area contributed by atoms with Gasteiger partial charge in [0, 0.05) is 0 Å². The van der Waals surface area contributed by atoms with Crippen LogP contribution in [0.1, 0.15) is 18.1 Å². The van der Waals surface area contributed by atoms with Gasteiger partial charge in [-0.2, -0.15) is 0 Å². The average molecular weight is 260 g/mol. The van der Waals surface area contributed by atoms with Gasteiger partial charge in [0.05, 0.1) is 6.10 Å². The van der Waals surface area contributed by atoms with Crippen LogP contribution in [0.3, 0.4) is 0 Å². The fraction of sp³-hybridized carbons (Fsp3) is 0.333. The van der Waals surface area contributed by atoms with E-state index in [1.165, 1.54) is 6.07 Å². The fourth-order valence-electron chi connectivity index (χ4n) is 1.04. The van der Waals surface area contributed by atoms with Crippen LogP contribution in [0.5, 0.6) is 0 Å². The first-order valence-electron chi connectivity index (χ1n) is 3.98. The Hall–Kier alpha value is -0.420. The molecule has 0 saturated heterocycles. The first kappa shape index (κ1) is 17.0. The molecule has 0 amide bonds. The summed E-state index contributed by atoms with van der Waals surface area (Å²) in [7, 11) is 0. The van der Waals surface area contributed by atoms with Gasteiger partial charge in [-0.05, 0) is 30.7 Å². The van der Waals surface area contributed by atoms with Crippen LogP contribution in [0, 0.1) is 11.6 Å². The Balaban J connectivity index is 0. The molecule has 88 valence electrons. The van der Waals surface area contributed by atoms with Crippen molar-refractivity contribution in [2.75, 3.05) is 6.54 Å². The lowest BCUT2D eigenvalue weighted by atomic mass is 10.1. The van der Waals surface area contributed by atoms with Crippen LogP contribution in [0.4, 0.5) is 8.78 Å². The second-order valence-corrected chi connectivity index (χ2v) is 2.77. The van der Waals surface area contributed by atoms with E-state index in [1.54, 1.807) is 0 Å². The van der Waals surface area contributed by atoms with Crippen molar-refractivity contribution in [1.29, 1.82) is 0 Å². The number of aliphatic hydroxyl groups is 1. The highest BCUT2D eigenvalue weighted by Gasteiger charge is 2.09. The van der Waals surface area contributed by atoms with Crippen LogP contribution in [0.2, 0.25) is 0 Å². The Morgan fingerprint density at radius 1 is 1.20 bits per heavy atom. The fourth-order valence-corrected chi connectivity index (χ4v) is 1.04. The quantitative estimate of drug-likeness (QED) is 0.875. The van der Waals surface area contributed by atoms with Gasteiger partial charge < -0.3 is 10.8 Å². The molecule has 0 radical (unpaired) electrons. The molecule has 0 spiro atoms. The van der Waals surface area contributed by atoms with Gasteiger partial charge in [-0.3, -0.25) is 0 Å². The van der Waals surface area contributed by atoms with E-state index in [1.807, 2.05) is 0 Å². The second-order valence-electron chi connectivity index (χ2n) is 2.77. The first-order valence-corrected chi connectivity index (χ1v) is 3.98. The molecule has 1 atom stereocenters. The molecule has 0 aliphatic rings. The van der Waals surface area contributed by atoms with Crippen LogP contribution < -0.4 is 5.73 Å². The van der Waals surface area contributed by atoms with Gasteiger partial charge in [0.1, 0.15) is 0 Å². The molecule has 0 bridgehead atoms. The van der Waals surface area contributed by atoms with Crippen LogP contribution >= 0.6 is 24.8 Å². The predicted octanol–water partition coefficient (Wildman–Crippen LogP) is 2.19. The molecule has 0 fully saturated rings. The van der Waals surface area contributed by atoms with Crippen molar-refractivity contribution >= 4 is 24.8 Å². The standard InChI is InChI=1S/C9H11F2NO.2ClH/c10-7-2-1-6(5-8(7)11)9(13)3-4-12;;/h1-2,5,9,13H,3-4,12H2;2*1H. The third-order valence-electron chi connectivity index (χ3n) is 1.77. The molecule has 0 saturated carbocycles. The van der Waals surface area contributed by atoms with Gasteiger partial charge in [0.15, 0.2) is 11.6 Å². The maximum atomic E-state index is 12.7. The van der Waals surface area contributed by atoms with E-state index in [0.717, 1.165) is 12.1 Å². The first-order chi connectivity index (χ1) is 6.15. The molecule has 0 aromatic heterocycles. The Labute approximate surface area is 99.3 Å². The van der Waals surface area contributed by atoms with Gasteiger partial charge in [0.25, 0.3) is 0 Å². The summed E-state index contributed by atoms with van der Waals surface area (Å²) in [5.41, 5.74) is 5.56. The topological polar surface area (TPSA) is 46.2 Å². The second kappa shape index (κ2) is 7.82. The van der Waals surface area contributed by atoms with E-state index in [9.17, 15) is 13.9 Å². The average Bonchev–Trinajstić information content (AvgIpc) is 2.10. The zero-order valence-corrected chi connectivity index (χ0v) is 9.45. The van der Waals surface area contributed by atoms with Gasteiger partial charge >= 0.3 is 0 Å². The van der Waals surface area contributed by atoms with Crippen molar-refractivity contribution in [2.24, 2.45) is 5.73 Å². The van der Waals surface area contributed by atoms with E-state index < -0.39 is 17.7 Å². The molecule has 1 aromatic rings. The number of nitrogens with two attached hydrogens (primary N) is 1. The Morgan fingerprint density at radius 2 is 1.80 bits per heavy atom. The molecule has 0 heterocycles. The molecule has 1 rings (SSSR count). The number of benzene rings is 1. The lowest BCUT2D eigenvalue weighted by Gasteiger charge is -2.09. The van der Waals surface area contributed by atoms with Gasteiger partial charge in [-0.25, -0.2) is 8.78 Å². The maximum Gasteiger partial charge on any atom is 0.159 e. The number of aliphatic hydroxyl groups excluding tert-OH is 1. The summed E-state index contributed by atoms with van der Waals surface area (Å²) in [6.07, 6.45) is -0.481. The van der Waals surface area contributed by atoms with E-state index in [4.69, 9.17) is 5.73 Å². The predicted molar refractivity (Wildman–Crippen MR) is 59.5 cm³/mol. The SMILES string of the molecule is Cl.Cl.NCCC(O)c1ccc(F)c(F)c1. The summed E-state index contributed by atoms with van der Waals surface area (Å²) >= 11 is 0. The summed E-state index contributed by atoms with van der Waals surface area (Å²) in [6, 6.07) is 3.32. The summed E-state index contributed by atoms with van der Waals surface area (Å²) in [5, 5.41) is 9.37. The number of halogens is 4. The van der Waals surface area contributed by atoms with E-state index in [-0.39, 0.29) is 24.8 Å². The molecular weight excluding hydrogens is 247 g/mol. The Bertz CT molecular complexity index is 299. The molecule has 1 aromatic carbocycles. The largest absolute Gasteiger partial charge is 0.388 e. The zero-order chi connectivity index (χ0) is 9.84. The van der Waals surface area contributed by atoms with Crippen LogP contribution in [0.25, 0.3) is 0 Å². The highest BCUT2D eigenvalue weighted by Crippen LogP contribution is 2.18. The molecular formula is C9H13Cl2F2NO. The number of hydrogen-bond donors (Lipinski definition) is 2. The lowest BCUT2D eigenvalue weighted by molar-refractivity contribution is 0.169. The number of rotatable bonds is 3. The smallest absolute Gasteiger partial charge is 0.159 e. The molecule has 15 heavy (non-hydrogen) atoms. The summed E-state index contributed by atoms with van der Waals surface area (Å²) in [6.45, 7) is 0.306. The number of hydrogen-bond acceptors (Lipinski definition) is 2. The normalized spacial score (nSPS) is 11.2. The van der Waals surface area contributed by atoms with Gasteiger partial charge in [-0.1, -0.05) is 6.07 Å². The van der Waals surface area contributed by atoms with Gasteiger partial charge in [0.2, 0.25) is 0 Å². The van der Waals surface area contributed by atoms with Gasteiger partial charge in [-0.15, -0.1) is 24.8 Å². The van der Waals surface area contributed by atoms with Crippen molar-refractivity contribution in [3.63, 3.8) is 0 Å². The zero-order valence-electron chi connectivity index (χ0n) is 7.82. The molecule has 6 heteroatoms. The van der Waals surface area contributed by atoms with Crippen LogP contribution in [-0.4, -0.2) is 11.7 Å². The van der Waals surface area contributed by atoms with Crippen LogP contribution in [-0.2, 0) is 0 Å². The minimum absolute atomic E-state index is 0. The van der Waals surface area contributed by atoms with E-state index in [2.05, 4.69) is 0 Å². The van der Waals surface area contributed by atoms with Crippen molar-refractivity contribution in [3.8, 4) is 0 Å². The van der Waals surface area contributed by atoms with Crippen molar-refractivity contribution < 1.29 is 13.9 Å². The maximum absolute atomic E-state index is 12.7. The highest BCUT2D eigenvalue weighted by atomic mass is 35.5. The third kappa shape index (κ3) is 4.75. The molecule has 3 N–H and O–H groups in total. The Morgan fingerprint density at radius 3 is 2.27 bits per heavy atom. The van der Waals surface area contributed by atoms with Crippen molar-refractivity contribution in [3.05, 3.63) is 35.4 Å². The van der Waals surface area contributed by atoms with Crippen LogP contribution in [0.15, 0.2) is 18.2 Å². The Kier molecular flexibility index (Phi) is 8.86. The molecule has 0 aliphatic carbocycles.